The highest BCUT2D eigenvalue weighted by Crippen LogP contribution is 2.14. The van der Waals surface area contributed by atoms with E-state index in [4.69, 9.17) is 16.0 Å². The number of likely N-dealkylation sites (N-methyl/N-ethyl adjacent to an activating group) is 1. The third-order valence-electron chi connectivity index (χ3n) is 2.84. The molecule has 0 aliphatic heterocycles. The molecule has 0 saturated heterocycles. The van der Waals surface area contributed by atoms with Crippen molar-refractivity contribution in [3.63, 3.8) is 0 Å². The molecule has 2 N–H and O–H groups in total. The molecule has 0 spiro atoms. The molecule has 20 heavy (non-hydrogen) atoms. The van der Waals surface area contributed by atoms with Gasteiger partial charge in [-0.1, -0.05) is 17.7 Å². The average molecular weight is 294 g/mol. The van der Waals surface area contributed by atoms with Crippen molar-refractivity contribution in [2.24, 2.45) is 0 Å². The molecular weight excluding hydrogens is 276 g/mol. The van der Waals surface area contributed by atoms with Gasteiger partial charge in [-0.25, -0.2) is 0 Å². The third-order valence-corrected chi connectivity index (χ3v) is 3.08. The van der Waals surface area contributed by atoms with Crippen molar-refractivity contribution in [3.05, 3.63) is 52.9 Å². The first-order chi connectivity index (χ1) is 9.52. The van der Waals surface area contributed by atoms with Crippen LogP contribution >= 0.6 is 11.6 Å². The van der Waals surface area contributed by atoms with Crippen molar-refractivity contribution in [2.75, 3.05) is 18.9 Å². The molecule has 0 aliphatic carbocycles. The maximum Gasteiger partial charge on any atom is 0.279 e. The van der Waals surface area contributed by atoms with Gasteiger partial charge in [-0.05, 0) is 37.3 Å². The molecule has 2 aromatic rings. The molecule has 1 atom stereocenters. The maximum absolute atomic E-state index is 11.9. The van der Waals surface area contributed by atoms with Crippen LogP contribution in [0.25, 0.3) is 0 Å². The quantitative estimate of drug-likeness (QED) is 0.884. The van der Waals surface area contributed by atoms with E-state index in [1.165, 1.54) is 0 Å². The number of anilines is 1. The number of amides is 1. The number of carbonyl (C=O) groups excluding carboxylic acids is 1. The number of nitrogens with one attached hydrogen (secondary N) is 2. The Balaban J connectivity index is 1.84. The minimum atomic E-state index is -0.0481. The number of halogens is 1. The summed E-state index contributed by atoms with van der Waals surface area (Å²) in [4.78, 5) is 13.0. The van der Waals surface area contributed by atoms with E-state index in [2.05, 4.69) is 5.32 Å². The van der Waals surface area contributed by atoms with Crippen molar-refractivity contribution in [1.82, 2.24) is 0 Å². The lowest BCUT2D eigenvalue weighted by molar-refractivity contribution is -0.886. The van der Waals surface area contributed by atoms with Crippen molar-refractivity contribution >= 4 is 23.2 Å². The van der Waals surface area contributed by atoms with Crippen LogP contribution in [0.2, 0.25) is 5.02 Å². The minimum Gasteiger partial charge on any atom is -0.460 e. The van der Waals surface area contributed by atoms with Crippen molar-refractivity contribution < 1.29 is 14.1 Å². The van der Waals surface area contributed by atoms with Gasteiger partial charge < -0.3 is 14.6 Å². The van der Waals surface area contributed by atoms with Crippen LogP contribution in [0.3, 0.4) is 0 Å². The Morgan fingerprint density at radius 1 is 1.35 bits per heavy atom. The number of carbonyl (C=O) groups is 1. The lowest BCUT2D eigenvalue weighted by Crippen LogP contribution is -3.08. The Morgan fingerprint density at radius 2 is 2.15 bits per heavy atom. The predicted octanol–water partition coefficient (Wildman–Crippen LogP) is 1.89. The monoisotopic (exact) mass is 293 g/mol. The standard InChI is InChI=1S/C15H17ClN2O2/c1-11-6-7-14(20-11)9-18(2)10-15(19)17-13-5-3-4-12(16)8-13/h3-8H,9-10H2,1-2H3,(H,17,19)/p+1. The van der Waals surface area contributed by atoms with Gasteiger partial charge in [0.15, 0.2) is 12.3 Å². The van der Waals surface area contributed by atoms with E-state index < -0.39 is 0 Å². The molecule has 2 rings (SSSR count). The summed E-state index contributed by atoms with van der Waals surface area (Å²) < 4.78 is 5.50. The molecule has 0 aliphatic rings. The average Bonchev–Trinajstić information content (AvgIpc) is 2.74. The summed E-state index contributed by atoms with van der Waals surface area (Å²) in [5.74, 6) is 1.72. The first kappa shape index (κ1) is 14.6. The number of rotatable bonds is 5. The number of hydrogen-bond acceptors (Lipinski definition) is 2. The molecule has 1 unspecified atom stereocenters. The molecule has 4 nitrogen and oxygen atoms in total. The fourth-order valence-corrected chi connectivity index (χ4v) is 2.18. The van der Waals surface area contributed by atoms with E-state index in [1.807, 2.05) is 32.2 Å². The van der Waals surface area contributed by atoms with Gasteiger partial charge in [-0.15, -0.1) is 0 Å². The van der Waals surface area contributed by atoms with Gasteiger partial charge in [0.1, 0.15) is 12.3 Å². The number of hydrogen-bond donors (Lipinski definition) is 2. The second-order valence-corrected chi connectivity index (χ2v) is 5.32. The molecule has 106 valence electrons. The fraction of sp³-hybridized carbons (Fsp3) is 0.267. The van der Waals surface area contributed by atoms with Gasteiger partial charge in [0.25, 0.3) is 5.91 Å². The number of benzene rings is 1. The van der Waals surface area contributed by atoms with Crippen LogP contribution in [0, 0.1) is 6.92 Å². The molecule has 1 aromatic heterocycles. The van der Waals surface area contributed by atoms with E-state index in [0.29, 0.717) is 23.8 Å². The molecule has 0 saturated carbocycles. The molecule has 0 radical (unpaired) electrons. The van der Waals surface area contributed by atoms with Gasteiger partial charge >= 0.3 is 0 Å². The lowest BCUT2D eigenvalue weighted by Gasteiger charge is -2.12. The largest absolute Gasteiger partial charge is 0.460 e. The second kappa shape index (κ2) is 6.59. The highest BCUT2D eigenvalue weighted by molar-refractivity contribution is 6.30. The van der Waals surface area contributed by atoms with Crippen LogP contribution in [-0.2, 0) is 11.3 Å². The first-order valence-electron chi connectivity index (χ1n) is 6.45. The van der Waals surface area contributed by atoms with Crippen molar-refractivity contribution in [2.45, 2.75) is 13.5 Å². The van der Waals surface area contributed by atoms with E-state index >= 15 is 0 Å². The van der Waals surface area contributed by atoms with Gasteiger partial charge in [0.05, 0.1) is 7.05 Å². The Labute approximate surface area is 123 Å². The normalized spacial score (nSPS) is 12.2. The van der Waals surface area contributed by atoms with Gasteiger partial charge in [0.2, 0.25) is 0 Å². The Morgan fingerprint density at radius 3 is 2.80 bits per heavy atom. The fourth-order valence-electron chi connectivity index (χ4n) is 1.99. The summed E-state index contributed by atoms with van der Waals surface area (Å²) in [6, 6.07) is 11.0. The van der Waals surface area contributed by atoms with Crippen molar-refractivity contribution in [3.8, 4) is 0 Å². The van der Waals surface area contributed by atoms with Gasteiger partial charge in [-0.2, -0.15) is 0 Å². The van der Waals surface area contributed by atoms with E-state index in [9.17, 15) is 4.79 Å². The number of aryl methyl sites for hydroxylation is 1. The van der Waals surface area contributed by atoms with Crippen LogP contribution in [0.4, 0.5) is 5.69 Å². The van der Waals surface area contributed by atoms with Crippen LogP contribution < -0.4 is 10.2 Å². The van der Waals surface area contributed by atoms with E-state index in [-0.39, 0.29) is 5.91 Å². The summed E-state index contributed by atoms with van der Waals surface area (Å²) in [5, 5.41) is 3.44. The molecule has 0 fully saturated rings. The molecule has 1 heterocycles. The minimum absolute atomic E-state index is 0.0481. The number of furan rings is 1. The zero-order valence-corrected chi connectivity index (χ0v) is 12.3. The smallest absolute Gasteiger partial charge is 0.279 e. The molecule has 5 heteroatoms. The van der Waals surface area contributed by atoms with E-state index in [1.54, 1.807) is 18.2 Å². The van der Waals surface area contributed by atoms with Crippen molar-refractivity contribution in [1.29, 1.82) is 0 Å². The highest BCUT2D eigenvalue weighted by Gasteiger charge is 2.12. The maximum atomic E-state index is 11.9. The van der Waals surface area contributed by atoms with Crippen LogP contribution in [0.15, 0.2) is 40.8 Å². The Kier molecular flexibility index (Phi) is 4.82. The Bertz CT molecular complexity index is 595. The number of quaternary nitrogens is 1. The highest BCUT2D eigenvalue weighted by atomic mass is 35.5. The van der Waals surface area contributed by atoms with E-state index in [0.717, 1.165) is 16.4 Å². The van der Waals surface area contributed by atoms with Crippen LogP contribution in [-0.4, -0.2) is 19.5 Å². The molecular formula is C15H18ClN2O2+. The van der Waals surface area contributed by atoms with Gasteiger partial charge in [-0.3, -0.25) is 4.79 Å². The molecule has 1 amide bonds. The topological polar surface area (TPSA) is 46.7 Å². The molecule has 1 aromatic carbocycles. The summed E-state index contributed by atoms with van der Waals surface area (Å²) in [7, 11) is 1.95. The van der Waals surface area contributed by atoms with Gasteiger partial charge in [0, 0.05) is 10.7 Å². The summed E-state index contributed by atoms with van der Waals surface area (Å²) in [6.07, 6.45) is 0. The lowest BCUT2D eigenvalue weighted by atomic mass is 10.3. The second-order valence-electron chi connectivity index (χ2n) is 4.88. The van der Waals surface area contributed by atoms with Crippen LogP contribution in [0.1, 0.15) is 11.5 Å². The molecule has 0 bridgehead atoms. The summed E-state index contributed by atoms with van der Waals surface area (Å²) in [5.41, 5.74) is 0.712. The third kappa shape index (κ3) is 4.40. The Hall–Kier alpha value is -1.78. The SMILES string of the molecule is Cc1ccc(C[NH+](C)CC(=O)Nc2cccc(Cl)c2)o1. The first-order valence-corrected chi connectivity index (χ1v) is 6.83. The van der Waals surface area contributed by atoms with Crippen LogP contribution in [0.5, 0.6) is 0 Å². The zero-order chi connectivity index (χ0) is 14.5. The summed E-state index contributed by atoms with van der Waals surface area (Å²) in [6.45, 7) is 2.95. The predicted molar refractivity (Wildman–Crippen MR) is 79.0 cm³/mol. The summed E-state index contributed by atoms with van der Waals surface area (Å²) >= 11 is 5.87. The zero-order valence-electron chi connectivity index (χ0n) is 11.6.